The molecule has 0 aliphatic carbocycles. The molecule has 0 saturated carbocycles. The smallest absolute Gasteiger partial charge is 0.249 e. The third-order valence-electron chi connectivity index (χ3n) is 3.37. The average Bonchev–Trinajstić information content (AvgIpc) is 2.59. The highest BCUT2D eigenvalue weighted by molar-refractivity contribution is 5.58. The van der Waals surface area contributed by atoms with Crippen molar-refractivity contribution in [3.63, 3.8) is 0 Å². The summed E-state index contributed by atoms with van der Waals surface area (Å²) in [5.41, 5.74) is 2.44. The van der Waals surface area contributed by atoms with Gasteiger partial charge >= 0.3 is 0 Å². The van der Waals surface area contributed by atoms with E-state index in [4.69, 9.17) is 0 Å². The lowest BCUT2D eigenvalue weighted by Crippen LogP contribution is -2.02. The van der Waals surface area contributed by atoms with Crippen LogP contribution >= 0.6 is 0 Å². The van der Waals surface area contributed by atoms with Crippen molar-refractivity contribution in [2.75, 3.05) is 10.6 Å². The number of nitrogens with one attached hydrogen (secondary N) is 2. The minimum Gasteiger partial charge on any atom is -0.339 e. The number of aromatic nitrogens is 3. The molecule has 5 nitrogen and oxygen atoms in total. The van der Waals surface area contributed by atoms with E-state index in [1.807, 2.05) is 24.3 Å². The zero-order chi connectivity index (χ0) is 16.9. The third-order valence-corrected chi connectivity index (χ3v) is 3.37. The maximum absolute atomic E-state index is 13.2. The van der Waals surface area contributed by atoms with Crippen LogP contribution in [0.25, 0.3) is 0 Å². The molecule has 0 aliphatic heterocycles. The van der Waals surface area contributed by atoms with E-state index >= 15 is 0 Å². The second-order valence-electron chi connectivity index (χ2n) is 5.09. The lowest BCUT2D eigenvalue weighted by molar-refractivity contribution is 0.509. The number of hydrogen-bond donors (Lipinski definition) is 2. The summed E-state index contributed by atoms with van der Waals surface area (Å²) in [5, 5.41) is 13.6. The first-order valence-corrected chi connectivity index (χ1v) is 7.42. The Morgan fingerprint density at radius 3 is 2.38 bits per heavy atom. The van der Waals surface area contributed by atoms with Gasteiger partial charge in [-0.2, -0.15) is 10.1 Å². The van der Waals surface area contributed by atoms with E-state index in [1.165, 1.54) is 17.8 Å². The van der Waals surface area contributed by atoms with Crippen molar-refractivity contribution in [2.45, 2.75) is 13.3 Å². The summed E-state index contributed by atoms with van der Waals surface area (Å²) in [6.07, 6.45) is 2.45. The van der Waals surface area contributed by atoms with Crippen LogP contribution in [0.1, 0.15) is 12.5 Å². The van der Waals surface area contributed by atoms with Gasteiger partial charge in [0.25, 0.3) is 0 Å². The normalized spacial score (nSPS) is 10.5. The van der Waals surface area contributed by atoms with E-state index in [0.717, 1.165) is 24.2 Å². The van der Waals surface area contributed by atoms with Gasteiger partial charge in [-0.25, -0.2) is 8.78 Å². The first-order valence-electron chi connectivity index (χ1n) is 7.42. The summed E-state index contributed by atoms with van der Waals surface area (Å²) in [5.74, 6) is -1.20. The molecule has 0 fully saturated rings. The maximum Gasteiger partial charge on any atom is 0.249 e. The summed E-state index contributed by atoms with van der Waals surface area (Å²) < 4.78 is 26.2. The molecule has 0 atom stereocenters. The molecule has 3 aromatic rings. The Bertz CT molecular complexity index is 837. The van der Waals surface area contributed by atoms with Gasteiger partial charge in [-0.05, 0) is 36.2 Å². The lowest BCUT2D eigenvalue weighted by atomic mass is 10.1. The summed E-state index contributed by atoms with van der Waals surface area (Å²) in [4.78, 5) is 4.25. The Labute approximate surface area is 137 Å². The van der Waals surface area contributed by atoms with Gasteiger partial charge in [-0.1, -0.05) is 19.1 Å². The van der Waals surface area contributed by atoms with Crippen molar-refractivity contribution in [3.8, 4) is 0 Å². The number of hydrogen-bond acceptors (Lipinski definition) is 5. The van der Waals surface area contributed by atoms with Crippen LogP contribution in [0.15, 0.2) is 48.7 Å². The van der Waals surface area contributed by atoms with Crippen LogP contribution in [-0.4, -0.2) is 15.2 Å². The molecule has 122 valence electrons. The standard InChI is InChI=1S/C17H15F2N5/c1-2-11-3-5-12(6-4-11)21-16-10-20-24-17(23-16)22-13-7-8-14(18)15(19)9-13/h3-10H,2H2,1H3,(H2,21,22,23,24). The molecule has 0 aliphatic rings. The monoisotopic (exact) mass is 327 g/mol. The lowest BCUT2D eigenvalue weighted by Gasteiger charge is -2.08. The molecule has 7 heteroatoms. The van der Waals surface area contributed by atoms with Gasteiger partial charge in [-0.15, -0.1) is 5.10 Å². The minimum atomic E-state index is -0.946. The topological polar surface area (TPSA) is 62.7 Å². The maximum atomic E-state index is 13.2. The molecular weight excluding hydrogens is 312 g/mol. The van der Waals surface area contributed by atoms with Gasteiger partial charge in [0.1, 0.15) is 0 Å². The van der Waals surface area contributed by atoms with Crippen molar-refractivity contribution in [1.82, 2.24) is 15.2 Å². The molecule has 3 rings (SSSR count). The Balaban J connectivity index is 1.74. The van der Waals surface area contributed by atoms with Crippen LogP contribution in [-0.2, 0) is 6.42 Å². The fraction of sp³-hybridized carbons (Fsp3) is 0.118. The average molecular weight is 327 g/mol. The first-order chi connectivity index (χ1) is 11.6. The van der Waals surface area contributed by atoms with Crippen molar-refractivity contribution in [1.29, 1.82) is 0 Å². The molecule has 0 bridgehead atoms. The molecule has 24 heavy (non-hydrogen) atoms. The molecule has 1 heterocycles. The molecule has 2 N–H and O–H groups in total. The largest absolute Gasteiger partial charge is 0.339 e. The quantitative estimate of drug-likeness (QED) is 0.735. The highest BCUT2D eigenvalue weighted by Crippen LogP contribution is 2.19. The zero-order valence-corrected chi connectivity index (χ0v) is 12.9. The van der Waals surface area contributed by atoms with E-state index < -0.39 is 11.6 Å². The van der Waals surface area contributed by atoms with E-state index in [0.29, 0.717) is 11.5 Å². The molecule has 0 unspecified atom stereocenters. The number of benzene rings is 2. The second kappa shape index (κ2) is 6.99. The Kier molecular flexibility index (Phi) is 4.60. The van der Waals surface area contributed by atoms with Crippen molar-refractivity contribution >= 4 is 23.1 Å². The molecule has 2 aromatic carbocycles. The van der Waals surface area contributed by atoms with E-state index in [2.05, 4.69) is 32.7 Å². The Morgan fingerprint density at radius 2 is 1.67 bits per heavy atom. The molecule has 0 spiro atoms. The number of aryl methyl sites for hydroxylation is 1. The van der Waals surface area contributed by atoms with Crippen LogP contribution in [0.5, 0.6) is 0 Å². The van der Waals surface area contributed by atoms with Gasteiger partial charge in [0.15, 0.2) is 17.5 Å². The van der Waals surface area contributed by atoms with Crippen molar-refractivity contribution < 1.29 is 8.78 Å². The van der Waals surface area contributed by atoms with Crippen LogP contribution in [0.2, 0.25) is 0 Å². The SMILES string of the molecule is CCc1ccc(Nc2cnnc(Nc3ccc(F)c(F)c3)n2)cc1. The molecule has 1 aromatic heterocycles. The van der Waals surface area contributed by atoms with Crippen LogP contribution in [0, 0.1) is 11.6 Å². The fourth-order valence-electron chi connectivity index (χ4n) is 2.09. The van der Waals surface area contributed by atoms with E-state index in [1.54, 1.807) is 0 Å². The first kappa shape index (κ1) is 15.8. The Hall–Kier alpha value is -3.09. The van der Waals surface area contributed by atoms with Gasteiger partial charge in [0.05, 0.1) is 6.20 Å². The highest BCUT2D eigenvalue weighted by atomic mass is 19.2. The van der Waals surface area contributed by atoms with E-state index in [9.17, 15) is 8.78 Å². The predicted molar refractivity (Wildman–Crippen MR) is 88.6 cm³/mol. The number of rotatable bonds is 5. The molecular formula is C17H15F2N5. The number of nitrogens with zero attached hydrogens (tertiary/aromatic N) is 3. The predicted octanol–water partition coefficient (Wildman–Crippen LogP) is 4.20. The minimum absolute atomic E-state index is 0.177. The van der Waals surface area contributed by atoms with Gasteiger partial charge < -0.3 is 10.6 Å². The van der Waals surface area contributed by atoms with Crippen molar-refractivity contribution in [3.05, 3.63) is 65.9 Å². The second-order valence-corrected chi connectivity index (χ2v) is 5.09. The summed E-state index contributed by atoms with van der Waals surface area (Å²) >= 11 is 0. The van der Waals surface area contributed by atoms with Crippen LogP contribution in [0.4, 0.5) is 31.9 Å². The highest BCUT2D eigenvalue weighted by Gasteiger charge is 2.05. The summed E-state index contributed by atoms with van der Waals surface area (Å²) in [7, 11) is 0. The third kappa shape index (κ3) is 3.81. The van der Waals surface area contributed by atoms with Crippen molar-refractivity contribution in [2.24, 2.45) is 0 Å². The van der Waals surface area contributed by atoms with E-state index in [-0.39, 0.29) is 5.95 Å². The van der Waals surface area contributed by atoms with Gasteiger partial charge in [0, 0.05) is 17.4 Å². The number of anilines is 4. The summed E-state index contributed by atoms with van der Waals surface area (Å²) in [6, 6.07) is 11.4. The van der Waals surface area contributed by atoms with Gasteiger partial charge in [0.2, 0.25) is 5.95 Å². The molecule has 0 saturated heterocycles. The fourth-order valence-corrected chi connectivity index (χ4v) is 2.09. The number of halogens is 2. The van der Waals surface area contributed by atoms with Crippen LogP contribution < -0.4 is 10.6 Å². The van der Waals surface area contributed by atoms with Gasteiger partial charge in [-0.3, -0.25) is 0 Å². The van der Waals surface area contributed by atoms with Crippen LogP contribution in [0.3, 0.4) is 0 Å². The Morgan fingerprint density at radius 1 is 0.917 bits per heavy atom. The summed E-state index contributed by atoms with van der Waals surface area (Å²) in [6.45, 7) is 2.09. The molecule has 0 amide bonds. The molecule has 0 radical (unpaired) electrons. The zero-order valence-electron chi connectivity index (χ0n) is 12.9.